The van der Waals surface area contributed by atoms with Crippen LogP contribution >= 0.6 is 0 Å². The maximum atomic E-state index is 12.9. The fourth-order valence-electron chi connectivity index (χ4n) is 4.81. The SMILES string of the molecule is Cc1cc(N2CC[C@](C)(c3ccccc3)C2)cn2nc(C(=O)N(C)C3(C(=O)O)CC3)nc12. The van der Waals surface area contributed by atoms with Gasteiger partial charge in [-0.25, -0.2) is 14.3 Å². The number of carbonyl (C=O) groups is 2. The van der Waals surface area contributed by atoms with E-state index in [1.165, 1.54) is 17.5 Å². The summed E-state index contributed by atoms with van der Waals surface area (Å²) in [6.45, 7) is 6.08. The molecule has 0 unspecified atom stereocenters. The summed E-state index contributed by atoms with van der Waals surface area (Å²) in [7, 11) is 1.52. The summed E-state index contributed by atoms with van der Waals surface area (Å²) in [6, 6.07) is 12.7. The summed E-state index contributed by atoms with van der Waals surface area (Å²) in [5.41, 5.74) is 2.86. The van der Waals surface area contributed by atoms with Crippen LogP contribution in [0.4, 0.5) is 5.69 Å². The van der Waals surface area contributed by atoms with Crippen molar-refractivity contribution in [3.05, 3.63) is 59.5 Å². The largest absolute Gasteiger partial charge is 0.479 e. The van der Waals surface area contributed by atoms with Gasteiger partial charge in [0.25, 0.3) is 5.91 Å². The lowest BCUT2D eigenvalue weighted by Gasteiger charge is -2.26. The second kappa shape index (κ2) is 7.05. The van der Waals surface area contributed by atoms with Gasteiger partial charge in [0.15, 0.2) is 5.65 Å². The van der Waals surface area contributed by atoms with E-state index in [-0.39, 0.29) is 11.2 Å². The molecule has 0 radical (unpaired) electrons. The van der Waals surface area contributed by atoms with Gasteiger partial charge in [-0.15, -0.1) is 5.10 Å². The molecule has 1 aliphatic carbocycles. The Kier molecular flexibility index (Phi) is 4.51. The normalized spacial score (nSPS) is 21.7. The molecule has 0 bridgehead atoms. The zero-order valence-corrected chi connectivity index (χ0v) is 18.6. The van der Waals surface area contributed by atoms with Gasteiger partial charge in [-0.1, -0.05) is 37.3 Å². The molecule has 1 aliphatic heterocycles. The molecule has 1 atom stereocenters. The van der Waals surface area contributed by atoms with Crippen molar-refractivity contribution in [2.24, 2.45) is 0 Å². The van der Waals surface area contributed by atoms with E-state index in [0.29, 0.717) is 18.5 Å². The summed E-state index contributed by atoms with van der Waals surface area (Å²) in [5, 5.41) is 13.9. The average Bonchev–Trinajstić information content (AvgIpc) is 3.33. The van der Waals surface area contributed by atoms with Crippen LogP contribution in [0.25, 0.3) is 5.65 Å². The van der Waals surface area contributed by atoms with Crippen molar-refractivity contribution in [2.45, 2.75) is 44.1 Å². The standard InChI is InChI=1S/C24H27N5O3/c1-16-13-18(28-12-11-23(2,15-28)17-7-5-4-6-8-17)14-29-20(16)25-19(26-29)21(30)27(3)24(9-10-24)22(31)32/h4-8,13-14H,9-12,15H2,1-3H3,(H,31,32)/t23-/m0/s1. The highest BCUT2D eigenvalue weighted by Gasteiger charge is 2.56. The van der Waals surface area contributed by atoms with Gasteiger partial charge < -0.3 is 14.9 Å². The number of aryl methyl sites for hydroxylation is 1. The number of amides is 1. The fraction of sp³-hybridized carbons (Fsp3) is 0.417. The van der Waals surface area contributed by atoms with Gasteiger partial charge in [0.2, 0.25) is 5.82 Å². The molecule has 1 N–H and O–H groups in total. The van der Waals surface area contributed by atoms with Gasteiger partial charge in [-0.05, 0) is 43.4 Å². The van der Waals surface area contributed by atoms with Crippen LogP contribution in [0.3, 0.4) is 0 Å². The smallest absolute Gasteiger partial charge is 0.329 e. The van der Waals surface area contributed by atoms with Gasteiger partial charge in [0.1, 0.15) is 5.54 Å². The van der Waals surface area contributed by atoms with Crippen molar-refractivity contribution >= 4 is 23.2 Å². The van der Waals surface area contributed by atoms with Crippen LogP contribution in [0.2, 0.25) is 0 Å². The molecule has 166 valence electrons. The number of hydrogen-bond donors (Lipinski definition) is 1. The van der Waals surface area contributed by atoms with E-state index < -0.39 is 17.4 Å². The molecule has 3 heterocycles. The first kappa shape index (κ1) is 20.5. The Labute approximate surface area is 186 Å². The molecule has 1 amide bonds. The van der Waals surface area contributed by atoms with Gasteiger partial charge in [0.05, 0.1) is 11.9 Å². The van der Waals surface area contributed by atoms with Crippen molar-refractivity contribution in [1.29, 1.82) is 0 Å². The number of nitrogens with zero attached hydrogens (tertiary/aromatic N) is 5. The number of carbonyl (C=O) groups excluding carboxylic acids is 1. The van der Waals surface area contributed by atoms with Crippen molar-refractivity contribution in [3.8, 4) is 0 Å². The van der Waals surface area contributed by atoms with Crippen LogP contribution in [0, 0.1) is 6.92 Å². The van der Waals surface area contributed by atoms with Gasteiger partial charge in [0, 0.05) is 25.6 Å². The molecular weight excluding hydrogens is 406 g/mol. The number of pyridine rings is 1. The Bertz CT molecular complexity index is 1220. The third kappa shape index (κ3) is 3.13. The average molecular weight is 434 g/mol. The van der Waals surface area contributed by atoms with E-state index >= 15 is 0 Å². The molecule has 1 saturated heterocycles. The summed E-state index contributed by atoms with van der Waals surface area (Å²) >= 11 is 0. The number of anilines is 1. The van der Waals surface area contributed by atoms with E-state index in [1.807, 2.05) is 19.2 Å². The van der Waals surface area contributed by atoms with Gasteiger partial charge >= 0.3 is 5.97 Å². The molecule has 8 heteroatoms. The fourth-order valence-corrected chi connectivity index (χ4v) is 4.81. The van der Waals surface area contributed by atoms with Crippen molar-refractivity contribution < 1.29 is 14.7 Å². The second-order valence-corrected chi connectivity index (χ2v) is 9.38. The summed E-state index contributed by atoms with van der Waals surface area (Å²) in [6.07, 6.45) is 3.87. The van der Waals surface area contributed by atoms with Crippen molar-refractivity contribution in [2.75, 3.05) is 25.0 Å². The lowest BCUT2D eigenvalue weighted by molar-refractivity contribution is -0.143. The van der Waals surface area contributed by atoms with E-state index in [4.69, 9.17) is 0 Å². The van der Waals surface area contributed by atoms with Crippen LogP contribution in [-0.4, -0.2) is 62.2 Å². The molecule has 2 aliphatic rings. The second-order valence-electron chi connectivity index (χ2n) is 9.38. The summed E-state index contributed by atoms with van der Waals surface area (Å²) < 4.78 is 1.64. The third-order valence-corrected chi connectivity index (χ3v) is 7.17. The van der Waals surface area contributed by atoms with Crippen LogP contribution in [0.15, 0.2) is 42.6 Å². The molecule has 5 rings (SSSR count). The van der Waals surface area contributed by atoms with E-state index in [1.54, 1.807) is 4.52 Å². The molecule has 32 heavy (non-hydrogen) atoms. The topological polar surface area (TPSA) is 91.0 Å². The first-order valence-corrected chi connectivity index (χ1v) is 10.9. The highest BCUT2D eigenvalue weighted by molar-refractivity contribution is 5.96. The Balaban J connectivity index is 1.42. The summed E-state index contributed by atoms with van der Waals surface area (Å²) in [4.78, 5) is 32.5. The molecule has 3 aromatic rings. The molecule has 1 aromatic carbocycles. The molecular formula is C24H27N5O3. The predicted molar refractivity (Wildman–Crippen MR) is 120 cm³/mol. The maximum absolute atomic E-state index is 12.9. The van der Waals surface area contributed by atoms with E-state index in [0.717, 1.165) is 30.8 Å². The van der Waals surface area contributed by atoms with Crippen molar-refractivity contribution in [1.82, 2.24) is 19.5 Å². The first-order chi connectivity index (χ1) is 15.2. The number of carboxylic acid groups (broad SMARTS) is 1. The minimum Gasteiger partial charge on any atom is -0.479 e. The Morgan fingerprint density at radius 3 is 2.53 bits per heavy atom. The van der Waals surface area contributed by atoms with E-state index in [2.05, 4.69) is 52.2 Å². The highest BCUT2D eigenvalue weighted by Crippen LogP contribution is 2.41. The zero-order chi connectivity index (χ0) is 22.7. The number of aromatic nitrogens is 3. The number of rotatable bonds is 5. The summed E-state index contributed by atoms with van der Waals surface area (Å²) in [5.74, 6) is -1.42. The van der Waals surface area contributed by atoms with Crippen molar-refractivity contribution in [3.63, 3.8) is 0 Å². The maximum Gasteiger partial charge on any atom is 0.329 e. The lowest BCUT2D eigenvalue weighted by Crippen LogP contribution is -2.45. The highest BCUT2D eigenvalue weighted by atomic mass is 16.4. The van der Waals surface area contributed by atoms with E-state index in [9.17, 15) is 14.7 Å². The van der Waals surface area contributed by atoms with Crippen LogP contribution < -0.4 is 4.90 Å². The Morgan fingerprint density at radius 2 is 1.88 bits per heavy atom. The predicted octanol–water partition coefficient (Wildman–Crippen LogP) is 2.89. The molecule has 1 saturated carbocycles. The quantitative estimate of drug-likeness (QED) is 0.665. The number of benzene rings is 1. The molecule has 2 aromatic heterocycles. The van der Waals surface area contributed by atoms with Crippen LogP contribution in [-0.2, 0) is 10.2 Å². The minimum absolute atomic E-state index is 0.0239. The molecule has 8 nitrogen and oxygen atoms in total. The number of aliphatic carboxylic acids is 1. The molecule has 2 fully saturated rings. The van der Waals surface area contributed by atoms with Gasteiger partial charge in [-0.3, -0.25) is 4.79 Å². The number of likely N-dealkylation sites (N-methyl/N-ethyl adjacent to an activating group) is 1. The third-order valence-electron chi connectivity index (χ3n) is 7.17. The van der Waals surface area contributed by atoms with Crippen LogP contribution in [0.5, 0.6) is 0 Å². The monoisotopic (exact) mass is 433 g/mol. The Hall–Kier alpha value is -3.42. The number of hydrogen-bond acceptors (Lipinski definition) is 5. The Morgan fingerprint density at radius 1 is 1.16 bits per heavy atom. The minimum atomic E-state index is -1.12. The lowest BCUT2D eigenvalue weighted by atomic mass is 9.82. The zero-order valence-electron chi connectivity index (χ0n) is 18.6. The number of fused-ring (bicyclic) bond motifs is 1. The number of carboxylic acids is 1. The van der Waals surface area contributed by atoms with Gasteiger partial charge in [-0.2, -0.15) is 0 Å². The molecule has 0 spiro atoms. The van der Waals surface area contributed by atoms with Crippen LogP contribution in [0.1, 0.15) is 47.9 Å². The first-order valence-electron chi connectivity index (χ1n) is 10.9.